The Morgan fingerprint density at radius 3 is 2.49 bits per heavy atom. The fourth-order valence-corrected chi connectivity index (χ4v) is 5.14. The number of carbonyl (C=O) groups is 1. The highest BCUT2D eigenvalue weighted by Gasteiger charge is 2.31. The Balaban J connectivity index is 1.22. The lowest BCUT2D eigenvalue weighted by molar-refractivity contribution is -0.274. The quantitative estimate of drug-likeness (QED) is 0.287. The Morgan fingerprint density at radius 1 is 1.07 bits per heavy atom. The number of aromatic nitrogens is 2. The van der Waals surface area contributed by atoms with Crippen molar-refractivity contribution in [1.29, 1.82) is 0 Å². The molecule has 0 unspecified atom stereocenters. The first kappa shape index (κ1) is 28.2. The van der Waals surface area contributed by atoms with Crippen molar-refractivity contribution in [1.82, 2.24) is 14.7 Å². The Kier molecular flexibility index (Phi) is 7.74. The highest BCUT2D eigenvalue weighted by molar-refractivity contribution is 5.94. The molecule has 1 saturated heterocycles. The zero-order valence-corrected chi connectivity index (χ0v) is 22.4. The van der Waals surface area contributed by atoms with Gasteiger partial charge < -0.3 is 19.9 Å². The van der Waals surface area contributed by atoms with Gasteiger partial charge in [-0.25, -0.2) is 13.8 Å². The van der Waals surface area contributed by atoms with Crippen molar-refractivity contribution in [2.45, 2.75) is 39.2 Å². The predicted molar refractivity (Wildman–Crippen MR) is 144 cm³/mol. The number of nitrogens with zero attached hydrogens (tertiary/aromatic N) is 4. The Morgan fingerprint density at radius 2 is 1.83 bits per heavy atom. The fraction of sp³-hybridized carbons (Fsp3) is 0.310. The summed E-state index contributed by atoms with van der Waals surface area (Å²) in [6, 6.07) is 13.2. The van der Waals surface area contributed by atoms with E-state index in [4.69, 9.17) is 0 Å². The molecule has 2 aromatic heterocycles. The summed E-state index contributed by atoms with van der Waals surface area (Å²) in [6.07, 6.45) is -3.05. The van der Waals surface area contributed by atoms with Crippen molar-refractivity contribution in [3.63, 3.8) is 0 Å². The van der Waals surface area contributed by atoms with Gasteiger partial charge in [0.05, 0.1) is 11.4 Å². The van der Waals surface area contributed by atoms with Gasteiger partial charge in [0.1, 0.15) is 28.7 Å². The van der Waals surface area contributed by atoms with E-state index in [9.17, 15) is 22.4 Å². The van der Waals surface area contributed by atoms with Crippen molar-refractivity contribution < 1.29 is 31.5 Å². The summed E-state index contributed by atoms with van der Waals surface area (Å²) in [5.41, 5.74) is 2.97. The molecule has 216 valence electrons. The van der Waals surface area contributed by atoms with E-state index >= 15 is 4.39 Å². The van der Waals surface area contributed by atoms with Gasteiger partial charge >= 0.3 is 6.36 Å². The molecule has 5 rings (SSSR count). The third kappa shape index (κ3) is 6.21. The third-order valence-electron chi connectivity index (χ3n) is 7.04. The van der Waals surface area contributed by atoms with E-state index in [-0.39, 0.29) is 24.0 Å². The summed E-state index contributed by atoms with van der Waals surface area (Å²) >= 11 is 0. The van der Waals surface area contributed by atoms with E-state index in [2.05, 4.69) is 15.0 Å². The summed E-state index contributed by atoms with van der Waals surface area (Å²) in [5.74, 6) is -1.65. The van der Waals surface area contributed by atoms with Crippen molar-refractivity contribution >= 4 is 22.9 Å². The normalized spacial score (nSPS) is 15.8. The number of nitrogens with one attached hydrogen (secondary N) is 1. The van der Waals surface area contributed by atoms with Gasteiger partial charge in [-0.15, -0.1) is 13.2 Å². The van der Waals surface area contributed by atoms with E-state index < -0.39 is 23.9 Å². The van der Waals surface area contributed by atoms with Crippen LogP contribution in [0.4, 0.5) is 33.3 Å². The van der Waals surface area contributed by atoms with Gasteiger partial charge in [-0.05, 0) is 67.4 Å². The molecule has 1 amide bonds. The number of imidazole rings is 1. The number of piperazine rings is 1. The van der Waals surface area contributed by atoms with Gasteiger partial charge in [-0.3, -0.25) is 9.20 Å². The number of pyridine rings is 1. The number of halogens is 5. The third-order valence-corrected chi connectivity index (χ3v) is 7.04. The van der Waals surface area contributed by atoms with E-state index in [1.54, 1.807) is 24.3 Å². The van der Waals surface area contributed by atoms with Crippen LogP contribution in [-0.4, -0.2) is 47.3 Å². The number of fused-ring (bicyclic) bond motifs is 1. The zero-order chi connectivity index (χ0) is 29.3. The molecule has 0 saturated carbocycles. The van der Waals surface area contributed by atoms with E-state index in [0.29, 0.717) is 48.6 Å². The van der Waals surface area contributed by atoms with Crippen molar-refractivity contribution in [2.75, 3.05) is 29.4 Å². The minimum atomic E-state index is -4.75. The van der Waals surface area contributed by atoms with Crippen LogP contribution in [0.25, 0.3) is 5.65 Å². The molecule has 0 aliphatic carbocycles. The van der Waals surface area contributed by atoms with Crippen LogP contribution in [0, 0.1) is 11.6 Å². The molecule has 0 bridgehead atoms. The topological polar surface area (TPSA) is 62.1 Å². The number of ether oxygens (including phenoxy) is 1. The van der Waals surface area contributed by atoms with Crippen LogP contribution in [0.15, 0.2) is 60.8 Å². The lowest BCUT2D eigenvalue weighted by atomic mass is 10.1. The molecule has 0 radical (unpaired) electrons. The van der Waals surface area contributed by atoms with Gasteiger partial charge in [0, 0.05) is 44.1 Å². The monoisotopic (exact) mass is 573 g/mol. The molecule has 41 heavy (non-hydrogen) atoms. The van der Waals surface area contributed by atoms with Crippen LogP contribution in [-0.2, 0) is 13.0 Å². The lowest BCUT2D eigenvalue weighted by Gasteiger charge is -2.42. The fourth-order valence-electron chi connectivity index (χ4n) is 5.14. The Hall–Kier alpha value is -4.35. The first-order valence-electron chi connectivity index (χ1n) is 13.1. The van der Waals surface area contributed by atoms with Crippen LogP contribution in [0.1, 0.15) is 35.6 Å². The largest absolute Gasteiger partial charge is 0.573 e. The van der Waals surface area contributed by atoms with E-state index in [0.717, 1.165) is 5.69 Å². The summed E-state index contributed by atoms with van der Waals surface area (Å²) < 4.78 is 71.7. The average Bonchev–Trinajstić information content (AvgIpc) is 3.29. The summed E-state index contributed by atoms with van der Waals surface area (Å²) in [4.78, 5) is 21.3. The Bertz CT molecular complexity index is 1550. The number of alkyl halides is 3. The van der Waals surface area contributed by atoms with Gasteiger partial charge in [0.2, 0.25) is 0 Å². The molecule has 4 aromatic rings. The standard InChI is InChI=1S/C29H28F5N5O2/c1-3-24-27(39-17-20(30)5-11-26(39)36-24)28(40)35-15-19-4-10-25(23(31)14-19)37-12-13-38(18(2)16-37)21-6-8-22(9-7-21)41-29(32,33)34/h4-11,14,17-18H,3,12-13,15-16H2,1-2H3,(H,35,40)/t18-/m0/s1. The molecule has 7 nitrogen and oxygen atoms in total. The highest BCUT2D eigenvalue weighted by atomic mass is 19.4. The van der Waals surface area contributed by atoms with Crippen molar-refractivity contribution in [2.24, 2.45) is 0 Å². The summed E-state index contributed by atoms with van der Waals surface area (Å²) in [6.45, 7) is 5.43. The van der Waals surface area contributed by atoms with E-state index in [1.807, 2.05) is 23.6 Å². The molecule has 1 fully saturated rings. The maximum Gasteiger partial charge on any atom is 0.573 e. The molecule has 1 aliphatic rings. The summed E-state index contributed by atoms with van der Waals surface area (Å²) in [7, 11) is 0. The number of benzene rings is 2. The molecule has 2 aromatic carbocycles. The summed E-state index contributed by atoms with van der Waals surface area (Å²) in [5, 5.41) is 2.78. The van der Waals surface area contributed by atoms with Crippen LogP contribution < -0.4 is 19.9 Å². The van der Waals surface area contributed by atoms with Crippen molar-refractivity contribution in [3.05, 3.63) is 89.4 Å². The lowest BCUT2D eigenvalue weighted by Crippen LogP contribution is -2.52. The molecule has 3 heterocycles. The van der Waals surface area contributed by atoms with Gasteiger partial charge in [-0.2, -0.15) is 0 Å². The number of carbonyl (C=O) groups excluding carboxylic acids is 1. The number of hydrogen-bond acceptors (Lipinski definition) is 5. The van der Waals surface area contributed by atoms with Crippen LogP contribution in [0.5, 0.6) is 5.75 Å². The molecule has 1 atom stereocenters. The second kappa shape index (κ2) is 11.3. The van der Waals surface area contributed by atoms with Gasteiger partial charge in [-0.1, -0.05) is 13.0 Å². The SMILES string of the molecule is CCc1nc2ccc(F)cn2c1C(=O)NCc1ccc(N2CCN(c3ccc(OC(F)(F)F)cc3)[C@@H](C)C2)c(F)c1. The average molecular weight is 574 g/mol. The number of anilines is 2. The second-order valence-electron chi connectivity index (χ2n) is 9.83. The highest BCUT2D eigenvalue weighted by Crippen LogP contribution is 2.29. The number of aryl methyl sites for hydroxylation is 1. The minimum absolute atomic E-state index is 0.0421. The van der Waals surface area contributed by atoms with Crippen LogP contribution in [0.2, 0.25) is 0 Å². The Labute approximate surface area is 233 Å². The number of hydrogen-bond donors (Lipinski definition) is 1. The smallest absolute Gasteiger partial charge is 0.406 e. The zero-order valence-electron chi connectivity index (χ0n) is 22.4. The number of amides is 1. The first-order valence-corrected chi connectivity index (χ1v) is 13.1. The van der Waals surface area contributed by atoms with Crippen molar-refractivity contribution in [3.8, 4) is 5.75 Å². The molecule has 1 aliphatic heterocycles. The van der Waals surface area contributed by atoms with Crippen LogP contribution in [0.3, 0.4) is 0 Å². The maximum absolute atomic E-state index is 15.2. The minimum Gasteiger partial charge on any atom is -0.406 e. The molecule has 12 heteroatoms. The van der Waals surface area contributed by atoms with Gasteiger partial charge in [0.25, 0.3) is 5.91 Å². The maximum atomic E-state index is 15.2. The van der Waals surface area contributed by atoms with E-state index in [1.165, 1.54) is 40.9 Å². The molecule has 1 N–H and O–H groups in total. The number of rotatable bonds is 7. The predicted octanol–water partition coefficient (Wildman–Crippen LogP) is 5.72. The second-order valence-corrected chi connectivity index (χ2v) is 9.83. The van der Waals surface area contributed by atoms with Crippen LogP contribution >= 0.6 is 0 Å². The molecule has 0 spiro atoms. The molecular formula is C29H28F5N5O2. The van der Waals surface area contributed by atoms with Gasteiger partial charge in [0.15, 0.2) is 0 Å². The molecular weight excluding hydrogens is 545 g/mol. The first-order chi connectivity index (χ1) is 19.5.